The highest BCUT2D eigenvalue weighted by Crippen LogP contribution is 2.26. The minimum atomic E-state index is -0.232. The van der Waals surface area contributed by atoms with Gasteiger partial charge in [0.15, 0.2) is 0 Å². The summed E-state index contributed by atoms with van der Waals surface area (Å²) in [5, 5.41) is 11.8. The van der Waals surface area contributed by atoms with Crippen LogP contribution in [-0.2, 0) is 0 Å². The fraction of sp³-hybridized carbons (Fsp3) is 0.200. The Hall–Kier alpha value is -1.49. The molecule has 2 rings (SSSR count). The summed E-state index contributed by atoms with van der Waals surface area (Å²) >= 11 is 4.27. The molecule has 15 heavy (non-hydrogen) atoms. The molecule has 1 heterocycles. The molecule has 0 saturated heterocycles. The first-order valence-electron chi connectivity index (χ1n) is 4.55. The van der Waals surface area contributed by atoms with Crippen molar-refractivity contribution in [2.24, 2.45) is 5.16 Å². The highest BCUT2D eigenvalue weighted by atomic mass is 32.1. The average Bonchev–Trinajstić information content (AvgIpc) is 2.39. The highest BCUT2D eigenvalue weighted by molar-refractivity contribution is 7.81. The van der Waals surface area contributed by atoms with E-state index in [0.717, 1.165) is 5.69 Å². The number of nitrogens with zero attached hydrogens (tertiary/aromatic N) is 2. The second kappa shape index (κ2) is 3.94. The maximum absolute atomic E-state index is 11.9. The van der Waals surface area contributed by atoms with Crippen LogP contribution in [0.3, 0.4) is 0 Å². The molecule has 1 aliphatic heterocycles. The second-order valence-electron chi connectivity index (χ2n) is 3.27. The lowest BCUT2D eigenvalue weighted by atomic mass is 10.1. The van der Waals surface area contributed by atoms with E-state index in [-0.39, 0.29) is 11.5 Å². The molecule has 1 aromatic rings. The van der Waals surface area contributed by atoms with E-state index in [0.29, 0.717) is 18.5 Å². The number of rotatable bonds is 0. The number of carbonyl (C=O) groups is 1. The lowest BCUT2D eigenvalue weighted by molar-refractivity contribution is 0.106. The van der Waals surface area contributed by atoms with Gasteiger partial charge in [-0.25, -0.2) is 0 Å². The minimum Gasteiger partial charge on any atom is -0.411 e. The molecule has 5 heteroatoms. The van der Waals surface area contributed by atoms with Gasteiger partial charge in [0.25, 0.3) is 0 Å². The van der Waals surface area contributed by atoms with Crippen molar-refractivity contribution in [1.29, 1.82) is 0 Å². The lowest BCUT2D eigenvalue weighted by Gasteiger charge is -2.15. The van der Waals surface area contributed by atoms with Crippen LogP contribution in [0, 0.1) is 0 Å². The third-order valence-corrected chi connectivity index (χ3v) is 2.79. The zero-order valence-corrected chi connectivity index (χ0v) is 8.82. The zero-order chi connectivity index (χ0) is 10.8. The standard InChI is InChI=1S/C10H10N2O2S/c13-10-7-3-1-2-4-9(7)12(15)6-5-8(10)11-14/h1-4,14-15H,5-6H2/b11-8+. The number of Topliss-reactive ketones (excluding diaryl/α,β-unsaturated/α-hetero) is 1. The van der Waals surface area contributed by atoms with Crippen LogP contribution in [0.2, 0.25) is 0 Å². The van der Waals surface area contributed by atoms with Gasteiger partial charge in [0.1, 0.15) is 5.71 Å². The second-order valence-corrected chi connectivity index (χ2v) is 3.75. The third kappa shape index (κ3) is 1.70. The maximum atomic E-state index is 11.9. The summed E-state index contributed by atoms with van der Waals surface area (Å²) in [7, 11) is 0. The van der Waals surface area contributed by atoms with Crippen molar-refractivity contribution in [1.82, 2.24) is 0 Å². The number of fused-ring (bicyclic) bond motifs is 1. The van der Waals surface area contributed by atoms with Crippen molar-refractivity contribution in [2.45, 2.75) is 6.42 Å². The lowest BCUT2D eigenvalue weighted by Crippen LogP contribution is -2.14. The van der Waals surface area contributed by atoms with Crippen molar-refractivity contribution < 1.29 is 10.0 Å². The molecule has 78 valence electrons. The number of carbonyl (C=O) groups excluding carboxylic acids is 1. The Morgan fingerprint density at radius 2 is 2.13 bits per heavy atom. The fourth-order valence-electron chi connectivity index (χ4n) is 1.59. The molecular weight excluding hydrogens is 212 g/mol. The van der Waals surface area contributed by atoms with Crippen molar-refractivity contribution in [3.05, 3.63) is 29.8 Å². The topological polar surface area (TPSA) is 52.9 Å². The number of thiol groups is 1. The predicted molar refractivity (Wildman–Crippen MR) is 60.9 cm³/mol. The number of anilines is 1. The summed E-state index contributed by atoms with van der Waals surface area (Å²) in [5.41, 5.74) is 1.46. The monoisotopic (exact) mass is 222 g/mol. The van der Waals surface area contributed by atoms with Gasteiger partial charge in [-0.1, -0.05) is 30.1 Å². The number of ketones is 1. The molecule has 0 saturated carbocycles. The fourth-order valence-corrected chi connectivity index (χ4v) is 1.86. The number of para-hydroxylation sites is 1. The van der Waals surface area contributed by atoms with Gasteiger partial charge in [0, 0.05) is 18.5 Å². The van der Waals surface area contributed by atoms with Crippen molar-refractivity contribution in [2.75, 3.05) is 10.8 Å². The summed E-state index contributed by atoms with van der Waals surface area (Å²) in [6, 6.07) is 7.15. The van der Waals surface area contributed by atoms with E-state index < -0.39 is 0 Å². The van der Waals surface area contributed by atoms with E-state index in [1.807, 2.05) is 12.1 Å². The Balaban J connectivity index is 2.56. The number of hydrogen-bond acceptors (Lipinski definition) is 5. The summed E-state index contributed by atoms with van der Waals surface area (Å²) < 4.78 is 1.69. The molecule has 0 bridgehead atoms. The Kier molecular flexibility index (Phi) is 2.64. The van der Waals surface area contributed by atoms with Crippen molar-refractivity contribution in [3.63, 3.8) is 0 Å². The first kappa shape index (κ1) is 10.0. The summed E-state index contributed by atoms with van der Waals surface area (Å²) in [6.45, 7) is 0.547. The maximum Gasteiger partial charge on any atom is 0.212 e. The number of benzene rings is 1. The van der Waals surface area contributed by atoms with Gasteiger partial charge in [0.2, 0.25) is 5.78 Å². The average molecular weight is 222 g/mol. The van der Waals surface area contributed by atoms with Crippen LogP contribution in [0.1, 0.15) is 16.8 Å². The summed E-state index contributed by atoms with van der Waals surface area (Å²) in [5.74, 6) is -0.232. The number of hydrogen-bond donors (Lipinski definition) is 2. The Bertz CT molecular complexity index is 431. The van der Waals surface area contributed by atoms with Crippen LogP contribution in [0.4, 0.5) is 5.69 Å². The third-order valence-electron chi connectivity index (χ3n) is 2.37. The molecule has 0 unspecified atom stereocenters. The van der Waals surface area contributed by atoms with Crippen LogP contribution in [-0.4, -0.2) is 23.2 Å². The normalized spacial score (nSPS) is 18.9. The molecular formula is C10H10N2O2S. The van der Waals surface area contributed by atoms with Crippen LogP contribution in [0.15, 0.2) is 29.4 Å². The van der Waals surface area contributed by atoms with Gasteiger partial charge < -0.3 is 9.51 Å². The Labute approximate surface area is 92.7 Å². The van der Waals surface area contributed by atoms with Crippen molar-refractivity contribution >= 4 is 30.0 Å². The van der Waals surface area contributed by atoms with E-state index >= 15 is 0 Å². The first-order valence-corrected chi connectivity index (χ1v) is 4.95. The molecule has 4 nitrogen and oxygen atoms in total. The van der Waals surface area contributed by atoms with E-state index in [1.54, 1.807) is 16.4 Å². The van der Waals surface area contributed by atoms with Gasteiger partial charge in [0.05, 0.1) is 5.69 Å². The van der Waals surface area contributed by atoms with Gasteiger partial charge in [-0.15, -0.1) is 0 Å². The van der Waals surface area contributed by atoms with Gasteiger partial charge in [-0.2, -0.15) is 0 Å². The smallest absolute Gasteiger partial charge is 0.212 e. The molecule has 0 atom stereocenters. The molecule has 1 aromatic carbocycles. The SMILES string of the molecule is O=C1/C(=N/O)CCN(S)c2ccccc21. The molecule has 0 amide bonds. The Morgan fingerprint density at radius 3 is 2.87 bits per heavy atom. The molecule has 0 fully saturated rings. The van der Waals surface area contributed by atoms with Gasteiger partial charge >= 0.3 is 0 Å². The molecule has 0 radical (unpaired) electrons. The summed E-state index contributed by atoms with van der Waals surface area (Å²) in [4.78, 5) is 11.9. The van der Waals surface area contributed by atoms with E-state index in [2.05, 4.69) is 18.0 Å². The highest BCUT2D eigenvalue weighted by Gasteiger charge is 2.24. The molecule has 0 spiro atoms. The molecule has 1 N–H and O–H groups in total. The molecule has 1 aliphatic rings. The summed E-state index contributed by atoms with van der Waals surface area (Å²) in [6.07, 6.45) is 0.396. The van der Waals surface area contributed by atoms with Crippen LogP contribution in [0.25, 0.3) is 0 Å². The van der Waals surface area contributed by atoms with Crippen molar-refractivity contribution in [3.8, 4) is 0 Å². The van der Waals surface area contributed by atoms with Gasteiger partial charge in [-0.05, 0) is 12.1 Å². The largest absolute Gasteiger partial charge is 0.411 e. The van der Waals surface area contributed by atoms with Crippen LogP contribution < -0.4 is 4.31 Å². The van der Waals surface area contributed by atoms with E-state index in [4.69, 9.17) is 5.21 Å². The zero-order valence-electron chi connectivity index (χ0n) is 7.92. The molecule has 0 aromatic heterocycles. The minimum absolute atomic E-state index is 0.180. The van der Waals surface area contributed by atoms with Gasteiger partial charge in [-0.3, -0.25) is 4.79 Å². The Morgan fingerprint density at radius 1 is 1.40 bits per heavy atom. The first-order chi connectivity index (χ1) is 7.24. The van der Waals surface area contributed by atoms with E-state index in [9.17, 15) is 4.79 Å². The quantitative estimate of drug-likeness (QED) is 0.399. The van der Waals surface area contributed by atoms with Crippen LogP contribution >= 0.6 is 12.8 Å². The predicted octanol–water partition coefficient (Wildman–Crippen LogP) is 1.75. The van der Waals surface area contributed by atoms with E-state index in [1.165, 1.54) is 0 Å². The van der Waals surface area contributed by atoms with Crippen LogP contribution in [0.5, 0.6) is 0 Å². The molecule has 0 aliphatic carbocycles. The number of oxime groups is 1.